The van der Waals surface area contributed by atoms with Crippen molar-refractivity contribution in [3.05, 3.63) is 30.1 Å². The highest BCUT2D eigenvalue weighted by Gasteiger charge is 2.29. The van der Waals surface area contributed by atoms with E-state index in [1.165, 1.54) is 24.8 Å². The van der Waals surface area contributed by atoms with Gasteiger partial charge < -0.3 is 5.73 Å². The van der Waals surface area contributed by atoms with E-state index in [1.807, 2.05) is 18.5 Å². The lowest BCUT2D eigenvalue weighted by Gasteiger charge is -2.32. The molecule has 2 rings (SSSR count). The Labute approximate surface area is 123 Å². The van der Waals surface area contributed by atoms with Crippen LogP contribution in [0.1, 0.15) is 51.6 Å². The van der Waals surface area contributed by atoms with Crippen molar-refractivity contribution in [1.29, 1.82) is 0 Å². The predicted octanol–water partition coefficient (Wildman–Crippen LogP) is 3.23. The molecule has 0 amide bonds. The van der Waals surface area contributed by atoms with Crippen LogP contribution in [0, 0.1) is 11.3 Å². The highest BCUT2D eigenvalue weighted by atomic mass is 15.2. The molecule has 1 aromatic rings. The Kier molecular flexibility index (Phi) is 5.17. The summed E-state index contributed by atoms with van der Waals surface area (Å²) in [5, 5.41) is 0. The lowest BCUT2D eigenvalue weighted by Crippen LogP contribution is -2.35. The Balaban J connectivity index is 2.05. The summed E-state index contributed by atoms with van der Waals surface area (Å²) in [6, 6.07) is 4.48. The fourth-order valence-electron chi connectivity index (χ4n) is 3.37. The fraction of sp³-hybridized carbons (Fsp3) is 0.706. The minimum atomic E-state index is 0.322. The molecule has 1 saturated heterocycles. The standard InChI is InChI=1S/C17H29N3/c1-17(2,3)15-7-5-10-20(11-8-15)16(12-18)14-6-4-9-19-13-14/h4,6,9,13,15-16H,5,7-8,10-12,18H2,1-3H3. The molecule has 1 fully saturated rings. The quantitative estimate of drug-likeness (QED) is 0.921. The van der Waals surface area contributed by atoms with Gasteiger partial charge in [0.1, 0.15) is 0 Å². The molecular formula is C17H29N3. The van der Waals surface area contributed by atoms with E-state index in [0.29, 0.717) is 18.0 Å². The summed E-state index contributed by atoms with van der Waals surface area (Å²) in [7, 11) is 0. The number of aromatic nitrogens is 1. The van der Waals surface area contributed by atoms with Gasteiger partial charge in [0.25, 0.3) is 0 Å². The van der Waals surface area contributed by atoms with Crippen molar-refractivity contribution in [2.45, 2.75) is 46.1 Å². The Morgan fingerprint density at radius 1 is 1.35 bits per heavy atom. The largest absolute Gasteiger partial charge is 0.329 e. The van der Waals surface area contributed by atoms with E-state index in [9.17, 15) is 0 Å². The molecule has 3 nitrogen and oxygen atoms in total. The van der Waals surface area contributed by atoms with Gasteiger partial charge in [-0.25, -0.2) is 0 Å². The molecule has 112 valence electrons. The van der Waals surface area contributed by atoms with Crippen molar-refractivity contribution in [3.8, 4) is 0 Å². The highest BCUT2D eigenvalue weighted by molar-refractivity contribution is 5.14. The van der Waals surface area contributed by atoms with E-state index >= 15 is 0 Å². The molecule has 1 aliphatic rings. The normalized spacial score (nSPS) is 23.3. The second kappa shape index (κ2) is 6.68. The lowest BCUT2D eigenvalue weighted by atomic mass is 9.77. The molecule has 0 aliphatic carbocycles. The van der Waals surface area contributed by atoms with Crippen LogP contribution < -0.4 is 5.73 Å². The van der Waals surface area contributed by atoms with Gasteiger partial charge in [-0.1, -0.05) is 26.8 Å². The second-order valence-corrected chi connectivity index (χ2v) is 7.07. The van der Waals surface area contributed by atoms with Gasteiger partial charge in [-0.3, -0.25) is 9.88 Å². The predicted molar refractivity (Wildman–Crippen MR) is 84.4 cm³/mol. The van der Waals surface area contributed by atoms with Crippen molar-refractivity contribution in [2.75, 3.05) is 19.6 Å². The van der Waals surface area contributed by atoms with Crippen LogP contribution in [0.3, 0.4) is 0 Å². The maximum Gasteiger partial charge on any atom is 0.0485 e. The molecule has 0 aromatic carbocycles. The summed E-state index contributed by atoms with van der Waals surface area (Å²) < 4.78 is 0. The number of nitrogens with two attached hydrogens (primary N) is 1. The van der Waals surface area contributed by atoms with Crippen molar-refractivity contribution >= 4 is 0 Å². The lowest BCUT2D eigenvalue weighted by molar-refractivity contribution is 0.184. The Bertz CT molecular complexity index is 396. The molecule has 0 saturated carbocycles. The van der Waals surface area contributed by atoms with E-state index in [1.54, 1.807) is 0 Å². The third-order valence-electron chi connectivity index (χ3n) is 4.72. The SMILES string of the molecule is CC(C)(C)C1CCCN(C(CN)c2cccnc2)CC1. The van der Waals surface area contributed by atoms with Crippen LogP contribution in [-0.4, -0.2) is 29.5 Å². The molecule has 1 aromatic heterocycles. The van der Waals surface area contributed by atoms with Gasteiger partial charge in [0.2, 0.25) is 0 Å². The number of hydrogen-bond donors (Lipinski definition) is 1. The minimum absolute atomic E-state index is 0.322. The zero-order valence-electron chi connectivity index (χ0n) is 13.2. The molecule has 0 spiro atoms. The van der Waals surface area contributed by atoms with Gasteiger partial charge in [0, 0.05) is 25.0 Å². The Morgan fingerprint density at radius 2 is 2.15 bits per heavy atom. The van der Waals surface area contributed by atoms with E-state index < -0.39 is 0 Å². The van der Waals surface area contributed by atoms with Gasteiger partial charge in [-0.05, 0) is 55.3 Å². The van der Waals surface area contributed by atoms with Crippen LogP contribution >= 0.6 is 0 Å². The van der Waals surface area contributed by atoms with Crippen LogP contribution in [-0.2, 0) is 0 Å². The number of nitrogens with zero attached hydrogens (tertiary/aromatic N) is 2. The van der Waals surface area contributed by atoms with Gasteiger partial charge in [-0.2, -0.15) is 0 Å². The van der Waals surface area contributed by atoms with Crippen molar-refractivity contribution < 1.29 is 0 Å². The van der Waals surface area contributed by atoms with Gasteiger partial charge >= 0.3 is 0 Å². The summed E-state index contributed by atoms with van der Waals surface area (Å²) in [5.74, 6) is 0.819. The van der Waals surface area contributed by atoms with Crippen molar-refractivity contribution in [2.24, 2.45) is 17.1 Å². The average Bonchev–Trinajstić information content (AvgIpc) is 2.67. The monoisotopic (exact) mass is 275 g/mol. The molecular weight excluding hydrogens is 246 g/mol. The van der Waals surface area contributed by atoms with E-state index in [-0.39, 0.29) is 0 Å². The van der Waals surface area contributed by atoms with Crippen LogP contribution in [0.4, 0.5) is 0 Å². The zero-order chi connectivity index (χ0) is 14.6. The topological polar surface area (TPSA) is 42.1 Å². The third kappa shape index (κ3) is 3.80. The molecule has 1 aliphatic heterocycles. The van der Waals surface area contributed by atoms with Crippen molar-refractivity contribution in [3.63, 3.8) is 0 Å². The zero-order valence-corrected chi connectivity index (χ0v) is 13.2. The summed E-state index contributed by atoms with van der Waals surface area (Å²) >= 11 is 0. The Hall–Kier alpha value is -0.930. The smallest absolute Gasteiger partial charge is 0.0485 e. The second-order valence-electron chi connectivity index (χ2n) is 7.07. The number of hydrogen-bond acceptors (Lipinski definition) is 3. The van der Waals surface area contributed by atoms with Gasteiger partial charge in [-0.15, -0.1) is 0 Å². The van der Waals surface area contributed by atoms with E-state index in [2.05, 4.69) is 36.7 Å². The minimum Gasteiger partial charge on any atom is -0.329 e. The molecule has 2 atom stereocenters. The molecule has 3 heteroatoms. The van der Waals surface area contributed by atoms with E-state index in [0.717, 1.165) is 19.0 Å². The first kappa shape index (κ1) is 15.5. The first-order valence-corrected chi connectivity index (χ1v) is 7.86. The van der Waals surface area contributed by atoms with Crippen LogP contribution in [0.5, 0.6) is 0 Å². The van der Waals surface area contributed by atoms with Crippen LogP contribution in [0.2, 0.25) is 0 Å². The summed E-state index contributed by atoms with van der Waals surface area (Å²) in [6.07, 6.45) is 7.68. The maximum atomic E-state index is 6.04. The first-order chi connectivity index (χ1) is 9.52. The molecule has 0 radical (unpaired) electrons. The van der Waals surface area contributed by atoms with Gasteiger partial charge in [0.15, 0.2) is 0 Å². The number of likely N-dealkylation sites (tertiary alicyclic amines) is 1. The number of rotatable bonds is 3. The molecule has 0 bridgehead atoms. The number of pyridine rings is 1. The summed E-state index contributed by atoms with van der Waals surface area (Å²) in [6.45, 7) is 10.1. The molecule has 2 N–H and O–H groups in total. The maximum absolute atomic E-state index is 6.04. The highest BCUT2D eigenvalue weighted by Crippen LogP contribution is 2.35. The summed E-state index contributed by atoms with van der Waals surface area (Å²) in [5.41, 5.74) is 7.71. The third-order valence-corrected chi connectivity index (χ3v) is 4.72. The average molecular weight is 275 g/mol. The Morgan fingerprint density at radius 3 is 2.75 bits per heavy atom. The van der Waals surface area contributed by atoms with Crippen LogP contribution in [0.15, 0.2) is 24.5 Å². The molecule has 2 unspecified atom stereocenters. The summed E-state index contributed by atoms with van der Waals surface area (Å²) in [4.78, 5) is 6.80. The van der Waals surface area contributed by atoms with Gasteiger partial charge in [0.05, 0.1) is 0 Å². The molecule has 2 heterocycles. The fourth-order valence-corrected chi connectivity index (χ4v) is 3.37. The molecule has 20 heavy (non-hydrogen) atoms. The van der Waals surface area contributed by atoms with E-state index in [4.69, 9.17) is 5.73 Å². The first-order valence-electron chi connectivity index (χ1n) is 7.86. The van der Waals surface area contributed by atoms with Crippen molar-refractivity contribution in [1.82, 2.24) is 9.88 Å². The van der Waals surface area contributed by atoms with Crippen LogP contribution in [0.25, 0.3) is 0 Å².